The summed E-state index contributed by atoms with van der Waals surface area (Å²) in [6.07, 6.45) is 7.18. The minimum Gasteiger partial charge on any atom is -0.493 e. The van der Waals surface area contributed by atoms with Gasteiger partial charge < -0.3 is 31.2 Å². The first-order chi connectivity index (χ1) is 14.9. The van der Waals surface area contributed by atoms with Crippen LogP contribution < -0.4 is 26.3 Å². The molecule has 0 aromatic heterocycles. The van der Waals surface area contributed by atoms with Gasteiger partial charge in [0.1, 0.15) is 0 Å². The SMILES string of the molecule is COc1cc(CNC(=O)CCCCC=CC(C)C)ccc1OC(=O)N(CCN)CCN. The first kappa shape index (κ1) is 26.5. The summed E-state index contributed by atoms with van der Waals surface area (Å²) in [5, 5.41) is 2.92. The number of allylic oxidation sites excluding steroid dienone is 2. The second-order valence-electron chi connectivity index (χ2n) is 7.61. The monoisotopic (exact) mass is 434 g/mol. The Hall–Kier alpha value is -2.58. The van der Waals surface area contributed by atoms with Gasteiger partial charge in [0.2, 0.25) is 5.91 Å². The molecule has 0 radical (unpaired) electrons. The summed E-state index contributed by atoms with van der Waals surface area (Å²) < 4.78 is 10.8. The summed E-state index contributed by atoms with van der Waals surface area (Å²) >= 11 is 0. The number of ether oxygens (including phenoxy) is 2. The maximum atomic E-state index is 12.3. The molecule has 8 nitrogen and oxygen atoms in total. The number of nitrogens with one attached hydrogen (secondary N) is 1. The molecule has 0 aliphatic rings. The van der Waals surface area contributed by atoms with Crippen LogP contribution in [0.25, 0.3) is 0 Å². The largest absolute Gasteiger partial charge is 0.493 e. The number of benzene rings is 1. The van der Waals surface area contributed by atoms with Gasteiger partial charge in [-0.2, -0.15) is 0 Å². The topological polar surface area (TPSA) is 120 Å². The van der Waals surface area contributed by atoms with Crippen LogP contribution >= 0.6 is 0 Å². The summed E-state index contributed by atoms with van der Waals surface area (Å²) in [5.74, 6) is 1.29. The minimum atomic E-state index is -0.529. The van der Waals surface area contributed by atoms with Crippen LogP contribution in [0.3, 0.4) is 0 Å². The Morgan fingerprint density at radius 1 is 1.13 bits per heavy atom. The highest BCUT2D eigenvalue weighted by Gasteiger charge is 2.17. The predicted octanol–water partition coefficient (Wildman–Crippen LogP) is 2.80. The average molecular weight is 435 g/mol. The second kappa shape index (κ2) is 15.3. The van der Waals surface area contributed by atoms with Crippen molar-refractivity contribution < 1.29 is 19.1 Å². The number of carbonyl (C=O) groups is 2. The molecule has 174 valence electrons. The average Bonchev–Trinajstić information content (AvgIpc) is 2.74. The van der Waals surface area contributed by atoms with Crippen molar-refractivity contribution in [2.45, 2.75) is 46.1 Å². The van der Waals surface area contributed by atoms with Gasteiger partial charge in [-0.15, -0.1) is 0 Å². The lowest BCUT2D eigenvalue weighted by molar-refractivity contribution is -0.121. The first-order valence-electron chi connectivity index (χ1n) is 10.9. The summed E-state index contributed by atoms with van der Waals surface area (Å²) in [5.41, 5.74) is 11.9. The van der Waals surface area contributed by atoms with E-state index in [0.29, 0.717) is 56.6 Å². The van der Waals surface area contributed by atoms with Crippen LogP contribution in [0.2, 0.25) is 0 Å². The zero-order valence-electron chi connectivity index (χ0n) is 19.1. The molecule has 5 N–H and O–H groups in total. The van der Waals surface area contributed by atoms with E-state index in [2.05, 4.69) is 31.3 Å². The molecule has 0 spiro atoms. The van der Waals surface area contributed by atoms with Crippen molar-refractivity contribution in [3.63, 3.8) is 0 Å². The number of amides is 2. The zero-order chi connectivity index (χ0) is 23.1. The molecule has 8 heteroatoms. The predicted molar refractivity (Wildman–Crippen MR) is 123 cm³/mol. The molecular weight excluding hydrogens is 396 g/mol. The van der Waals surface area contributed by atoms with E-state index < -0.39 is 6.09 Å². The van der Waals surface area contributed by atoms with Gasteiger partial charge in [0, 0.05) is 39.1 Å². The van der Waals surface area contributed by atoms with Crippen LogP contribution in [0.15, 0.2) is 30.4 Å². The fourth-order valence-corrected chi connectivity index (χ4v) is 2.88. The lowest BCUT2D eigenvalue weighted by atomic mass is 10.1. The first-order valence-corrected chi connectivity index (χ1v) is 10.9. The van der Waals surface area contributed by atoms with Crippen molar-refractivity contribution in [2.24, 2.45) is 17.4 Å². The molecule has 0 aliphatic heterocycles. The van der Waals surface area contributed by atoms with Gasteiger partial charge in [-0.25, -0.2) is 4.79 Å². The third-order valence-corrected chi connectivity index (χ3v) is 4.52. The van der Waals surface area contributed by atoms with E-state index in [0.717, 1.165) is 24.8 Å². The number of unbranched alkanes of at least 4 members (excludes halogenated alkanes) is 2. The Morgan fingerprint density at radius 2 is 1.84 bits per heavy atom. The molecule has 2 amide bonds. The standard InChI is InChI=1S/C23H38N4O4/c1-18(2)8-6-4-5-7-9-22(28)26-17-19-10-11-20(21(16-19)30-3)31-23(29)27(14-12-24)15-13-25/h6,8,10-11,16,18H,4-5,7,9,12-15,17,24-25H2,1-3H3,(H,26,28). The lowest BCUT2D eigenvalue weighted by Gasteiger charge is -2.21. The molecular formula is C23H38N4O4. The molecule has 0 saturated carbocycles. The van der Waals surface area contributed by atoms with Gasteiger partial charge in [-0.3, -0.25) is 4.79 Å². The van der Waals surface area contributed by atoms with Crippen molar-refractivity contribution in [3.05, 3.63) is 35.9 Å². The molecule has 0 fully saturated rings. The number of carbonyl (C=O) groups excluding carboxylic acids is 2. The van der Waals surface area contributed by atoms with E-state index in [-0.39, 0.29) is 5.91 Å². The second-order valence-corrected chi connectivity index (χ2v) is 7.61. The molecule has 0 saturated heterocycles. The van der Waals surface area contributed by atoms with Gasteiger partial charge in [-0.1, -0.05) is 32.1 Å². The van der Waals surface area contributed by atoms with Crippen LogP contribution in [0, 0.1) is 5.92 Å². The molecule has 1 rings (SSSR count). The molecule has 0 aliphatic carbocycles. The van der Waals surface area contributed by atoms with Crippen LogP contribution in [0.4, 0.5) is 4.79 Å². The van der Waals surface area contributed by atoms with Gasteiger partial charge in [-0.05, 0) is 42.9 Å². The number of hydrogen-bond acceptors (Lipinski definition) is 6. The summed E-state index contributed by atoms with van der Waals surface area (Å²) in [4.78, 5) is 25.9. The highest BCUT2D eigenvalue weighted by Crippen LogP contribution is 2.28. The number of rotatable bonds is 14. The Kier molecular flexibility index (Phi) is 13.0. The fourth-order valence-electron chi connectivity index (χ4n) is 2.88. The molecule has 1 aromatic rings. The number of nitrogens with zero attached hydrogens (tertiary/aromatic N) is 1. The zero-order valence-corrected chi connectivity index (χ0v) is 19.1. The van der Waals surface area contributed by atoms with E-state index in [9.17, 15) is 9.59 Å². The smallest absolute Gasteiger partial charge is 0.415 e. The molecule has 0 heterocycles. The highest BCUT2D eigenvalue weighted by molar-refractivity contribution is 5.76. The van der Waals surface area contributed by atoms with Crippen LogP contribution in [-0.4, -0.2) is 50.2 Å². The van der Waals surface area contributed by atoms with Gasteiger partial charge >= 0.3 is 6.09 Å². The quantitative estimate of drug-likeness (QED) is 0.306. The van der Waals surface area contributed by atoms with Crippen LogP contribution in [0.1, 0.15) is 45.1 Å². The molecule has 0 bridgehead atoms. The summed E-state index contributed by atoms with van der Waals surface area (Å²) in [6.45, 7) is 6.02. The summed E-state index contributed by atoms with van der Waals surface area (Å²) in [6, 6.07) is 5.19. The Morgan fingerprint density at radius 3 is 2.45 bits per heavy atom. The molecule has 0 atom stereocenters. The highest BCUT2D eigenvalue weighted by atomic mass is 16.6. The minimum absolute atomic E-state index is 0.0153. The van der Waals surface area contributed by atoms with Crippen molar-refractivity contribution in [1.82, 2.24) is 10.2 Å². The normalized spacial score (nSPS) is 11.0. The maximum absolute atomic E-state index is 12.3. The molecule has 31 heavy (non-hydrogen) atoms. The van der Waals surface area contributed by atoms with Gasteiger partial charge in [0.15, 0.2) is 11.5 Å². The Balaban J connectivity index is 2.53. The van der Waals surface area contributed by atoms with Gasteiger partial charge in [0.05, 0.1) is 7.11 Å². The number of nitrogens with two attached hydrogens (primary N) is 2. The van der Waals surface area contributed by atoms with E-state index in [1.807, 2.05) is 0 Å². The van der Waals surface area contributed by atoms with Crippen LogP contribution in [-0.2, 0) is 11.3 Å². The van der Waals surface area contributed by atoms with E-state index in [1.54, 1.807) is 18.2 Å². The molecule has 1 aromatic carbocycles. The van der Waals surface area contributed by atoms with E-state index in [4.69, 9.17) is 20.9 Å². The Labute approximate surface area is 185 Å². The fraction of sp³-hybridized carbons (Fsp3) is 0.565. The van der Waals surface area contributed by atoms with E-state index in [1.165, 1.54) is 12.0 Å². The maximum Gasteiger partial charge on any atom is 0.415 e. The Bertz CT molecular complexity index is 701. The van der Waals surface area contributed by atoms with Crippen LogP contribution in [0.5, 0.6) is 11.5 Å². The lowest BCUT2D eigenvalue weighted by Crippen LogP contribution is -2.40. The van der Waals surface area contributed by atoms with E-state index >= 15 is 0 Å². The van der Waals surface area contributed by atoms with Gasteiger partial charge in [0.25, 0.3) is 0 Å². The number of methoxy groups -OCH3 is 1. The van der Waals surface area contributed by atoms with Crippen molar-refractivity contribution in [1.29, 1.82) is 0 Å². The summed E-state index contributed by atoms with van der Waals surface area (Å²) in [7, 11) is 1.50. The molecule has 0 unspecified atom stereocenters. The number of hydrogen-bond donors (Lipinski definition) is 3. The van der Waals surface area contributed by atoms with Crippen molar-refractivity contribution in [3.8, 4) is 11.5 Å². The van der Waals surface area contributed by atoms with Crippen molar-refractivity contribution in [2.75, 3.05) is 33.3 Å². The van der Waals surface area contributed by atoms with Crippen molar-refractivity contribution >= 4 is 12.0 Å². The third kappa shape index (κ3) is 10.8. The third-order valence-electron chi connectivity index (χ3n) is 4.52.